The van der Waals surface area contributed by atoms with E-state index in [1.165, 1.54) is 12.8 Å². The molecule has 2 rings (SSSR count). The summed E-state index contributed by atoms with van der Waals surface area (Å²) < 4.78 is 10.5. The van der Waals surface area contributed by atoms with Crippen molar-refractivity contribution in [1.82, 2.24) is 0 Å². The van der Waals surface area contributed by atoms with Gasteiger partial charge in [0.25, 0.3) is 0 Å². The normalized spacial score (nSPS) is 16.9. The molecule has 1 N–H and O–H groups in total. The van der Waals surface area contributed by atoms with Gasteiger partial charge < -0.3 is 14.6 Å². The maximum Gasteiger partial charge on any atom is 0.310 e. The van der Waals surface area contributed by atoms with Crippen molar-refractivity contribution in [2.45, 2.75) is 38.0 Å². The van der Waals surface area contributed by atoms with E-state index >= 15 is 0 Å². The largest absolute Gasteiger partial charge is 0.493 e. The van der Waals surface area contributed by atoms with E-state index in [0.29, 0.717) is 23.8 Å². The van der Waals surface area contributed by atoms with Crippen molar-refractivity contribution in [3.63, 3.8) is 0 Å². The van der Waals surface area contributed by atoms with Crippen molar-refractivity contribution in [3.8, 4) is 11.5 Å². The second-order valence-corrected chi connectivity index (χ2v) is 5.39. The average molecular weight is 278 g/mol. The number of benzene rings is 1. The van der Waals surface area contributed by atoms with E-state index in [2.05, 4.69) is 0 Å². The number of hydrogen-bond donors (Lipinski definition) is 1. The Morgan fingerprint density at radius 2 is 1.90 bits per heavy atom. The van der Waals surface area contributed by atoms with Gasteiger partial charge in [-0.3, -0.25) is 4.79 Å². The van der Waals surface area contributed by atoms with Gasteiger partial charge in [-0.2, -0.15) is 0 Å². The Labute approximate surface area is 119 Å². The van der Waals surface area contributed by atoms with Gasteiger partial charge in [-0.1, -0.05) is 31.7 Å². The Morgan fingerprint density at radius 1 is 1.25 bits per heavy atom. The van der Waals surface area contributed by atoms with E-state index in [1.807, 2.05) is 6.07 Å². The van der Waals surface area contributed by atoms with Gasteiger partial charge in [0.15, 0.2) is 11.5 Å². The van der Waals surface area contributed by atoms with Crippen LogP contribution in [0.2, 0.25) is 0 Å². The molecule has 0 aromatic heterocycles. The summed E-state index contributed by atoms with van der Waals surface area (Å²) in [6, 6.07) is 5.39. The molecule has 4 heteroatoms. The van der Waals surface area contributed by atoms with Gasteiger partial charge >= 0.3 is 5.97 Å². The first kappa shape index (κ1) is 14.7. The van der Waals surface area contributed by atoms with E-state index in [4.69, 9.17) is 9.47 Å². The standard InChI is InChI=1S/C16H22O4/c1-19-14-8-7-12(10-15(14)20-2)13(16(17)18)9-11-5-3-4-6-11/h7-8,10-11,13H,3-6,9H2,1-2H3,(H,17,18)/t13-/m0/s1. The molecule has 1 saturated carbocycles. The minimum Gasteiger partial charge on any atom is -0.493 e. The van der Waals surface area contributed by atoms with Crippen LogP contribution in [0.25, 0.3) is 0 Å². The molecule has 0 spiro atoms. The average Bonchev–Trinajstić information content (AvgIpc) is 2.96. The minimum atomic E-state index is -0.760. The van der Waals surface area contributed by atoms with Crippen LogP contribution in [0.1, 0.15) is 43.6 Å². The summed E-state index contributed by atoms with van der Waals surface area (Å²) >= 11 is 0. The highest BCUT2D eigenvalue weighted by Gasteiger charge is 2.27. The molecule has 1 aliphatic rings. The highest BCUT2D eigenvalue weighted by atomic mass is 16.5. The lowest BCUT2D eigenvalue weighted by molar-refractivity contribution is -0.139. The van der Waals surface area contributed by atoms with Gasteiger partial charge in [-0.15, -0.1) is 0 Å². The Balaban J connectivity index is 2.22. The summed E-state index contributed by atoms with van der Waals surface area (Å²) in [5.74, 6) is 0.523. The van der Waals surface area contributed by atoms with Crippen molar-refractivity contribution in [2.24, 2.45) is 5.92 Å². The van der Waals surface area contributed by atoms with Gasteiger partial charge in [0.05, 0.1) is 20.1 Å². The van der Waals surface area contributed by atoms with Gasteiger partial charge in [0, 0.05) is 0 Å². The zero-order valence-electron chi connectivity index (χ0n) is 12.1. The van der Waals surface area contributed by atoms with Crippen LogP contribution in [0.15, 0.2) is 18.2 Å². The van der Waals surface area contributed by atoms with Gasteiger partial charge in [0.1, 0.15) is 0 Å². The SMILES string of the molecule is COc1ccc([C@H](CC2CCCC2)C(=O)O)cc1OC. The van der Waals surface area contributed by atoms with E-state index in [1.54, 1.807) is 26.4 Å². The fourth-order valence-corrected chi connectivity index (χ4v) is 3.03. The second kappa shape index (κ2) is 6.64. The number of hydrogen-bond acceptors (Lipinski definition) is 3. The third kappa shape index (κ3) is 3.24. The molecule has 4 nitrogen and oxygen atoms in total. The summed E-state index contributed by atoms with van der Waals surface area (Å²) in [5, 5.41) is 9.51. The molecule has 20 heavy (non-hydrogen) atoms. The lowest BCUT2D eigenvalue weighted by Gasteiger charge is -2.18. The molecule has 1 aromatic rings. The quantitative estimate of drug-likeness (QED) is 0.866. The smallest absolute Gasteiger partial charge is 0.310 e. The van der Waals surface area contributed by atoms with Crippen LogP contribution in [0.5, 0.6) is 11.5 Å². The van der Waals surface area contributed by atoms with Crippen molar-refractivity contribution in [2.75, 3.05) is 14.2 Å². The molecule has 0 radical (unpaired) electrons. The predicted octanol–water partition coefficient (Wildman–Crippen LogP) is 3.45. The molecule has 0 aliphatic heterocycles. The third-order valence-corrected chi connectivity index (χ3v) is 4.15. The molecule has 1 fully saturated rings. The van der Waals surface area contributed by atoms with E-state index in [0.717, 1.165) is 18.4 Å². The molecule has 0 heterocycles. The lowest BCUT2D eigenvalue weighted by Crippen LogP contribution is -2.15. The fourth-order valence-electron chi connectivity index (χ4n) is 3.03. The van der Waals surface area contributed by atoms with Crippen molar-refractivity contribution in [1.29, 1.82) is 0 Å². The second-order valence-electron chi connectivity index (χ2n) is 5.39. The molecule has 0 unspecified atom stereocenters. The molecule has 1 atom stereocenters. The minimum absolute atomic E-state index is 0.460. The summed E-state index contributed by atoms with van der Waals surface area (Å²) in [6.45, 7) is 0. The van der Waals surface area contributed by atoms with Crippen LogP contribution < -0.4 is 9.47 Å². The van der Waals surface area contributed by atoms with Crippen molar-refractivity contribution < 1.29 is 19.4 Å². The molecule has 1 aromatic carbocycles. The number of aliphatic carboxylic acids is 1. The Kier molecular flexibility index (Phi) is 4.88. The van der Waals surface area contributed by atoms with Crippen LogP contribution in [0, 0.1) is 5.92 Å². The summed E-state index contributed by atoms with van der Waals surface area (Å²) in [7, 11) is 3.14. The molecule has 110 valence electrons. The number of carboxylic acids is 1. The monoisotopic (exact) mass is 278 g/mol. The maximum atomic E-state index is 11.6. The summed E-state index contributed by atoms with van der Waals surface area (Å²) in [5.41, 5.74) is 0.794. The zero-order chi connectivity index (χ0) is 14.5. The number of carbonyl (C=O) groups is 1. The molecule has 0 amide bonds. The zero-order valence-corrected chi connectivity index (χ0v) is 12.1. The molecule has 1 aliphatic carbocycles. The molecule has 0 bridgehead atoms. The maximum absolute atomic E-state index is 11.6. The first-order valence-corrected chi connectivity index (χ1v) is 7.10. The summed E-state index contributed by atoms with van der Waals surface area (Å²) in [4.78, 5) is 11.6. The van der Waals surface area contributed by atoms with Gasteiger partial charge in [-0.25, -0.2) is 0 Å². The highest BCUT2D eigenvalue weighted by molar-refractivity contribution is 5.76. The number of ether oxygens (including phenoxy) is 2. The van der Waals surface area contributed by atoms with Crippen molar-refractivity contribution in [3.05, 3.63) is 23.8 Å². The van der Waals surface area contributed by atoms with Gasteiger partial charge in [-0.05, 0) is 30.0 Å². The fraction of sp³-hybridized carbons (Fsp3) is 0.562. The first-order valence-electron chi connectivity index (χ1n) is 7.10. The van der Waals surface area contributed by atoms with Crippen molar-refractivity contribution >= 4 is 5.97 Å². The van der Waals surface area contributed by atoms with E-state index in [9.17, 15) is 9.90 Å². The Bertz CT molecular complexity index is 464. The molecular weight excluding hydrogens is 256 g/mol. The Morgan fingerprint density at radius 3 is 2.45 bits per heavy atom. The first-order chi connectivity index (χ1) is 9.65. The number of methoxy groups -OCH3 is 2. The summed E-state index contributed by atoms with van der Waals surface area (Å²) in [6.07, 6.45) is 5.46. The predicted molar refractivity (Wildman–Crippen MR) is 76.5 cm³/mol. The van der Waals surface area contributed by atoms with Crippen LogP contribution in [-0.2, 0) is 4.79 Å². The number of rotatable bonds is 6. The third-order valence-electron chi connectivity index (χ3n) is 4.15. The lowest BCUT2D eigenvalue weighted by atomic mass is 9.88. The topological polar surface area (TPSA) is 55.8 Å². The molecule has 0 saturated heterocycles. The van der Waals surface area contributed by atoms with E-state index < -0.39 is 11.9 Å². The molecular formula is C16H22O4. The number of carboxylic acid groups (broad SMARTS) is 1. The van der Waals surface area contributed by atoms with E-state index in [-0.39, 0.29) is 0 Å². The Hall–Kier alpha value is -1.71. The van der Waals surface area contributed by atoms with Crippen LogP contribution in [-0.4, -0.2) is 25.3 Å². The van der Waals surface area contributed by atoms with Crippen LogP contribution in [0.3, 0.4) is 0 Å². The van der Waals surface area contributed by atoms with Gasteiger partial charge in [0.2, 0.25) is 0 Å². The van der Waals surface area contributed by atoms with Crippen LogP contribution in [0.4, 0.5) is 0 Å². The van der Waals surface area contributed by atoms with Crippen LogP contribution >= 0.6 is 0 Å². The highest BCUT2D eigenvalue weighted by Crippen LogP contribution is 2.37.